The molecular weight excluding hydrogens is 266 g/mol. The quantitative estimate of drug-likeness (QED) is 0.939. The third kappa shape index (κ3) is 3.24. The van der Waals surface area contributed by atoms with Crippen LogP contribution in [-0.4, -0.2) is 24.2 Å². The Bertz CT molecular complexity index is 648. The fourth-order valence-electron chi connectivity index (χ4n) is 1.95. The minimum atomic E-state index is -0.177. The summed E-state index contributed by atoms with van der Waals surface area (Å²) in [6.07, 6.45) is 0. The van der Waals surface area contributed by atoms with E-state index in [4.69, 9.17) is 15.2 Å². The van der Waals surface area contributed by atoms with Crippen molar-refractivity contribution in [1.82, 2.24) is 9.97 Å². The molecule has 0 amide bonds. The SMILES string of the molecule is COc1ccc(-c2cc(N)nc(C(C)(C)C)n2)c(OC)c1. The van der Waals surface area contributed by atoms with Crippen LogP contribution in [-0.2, 0) is 5.41 Å². The molecule has 0 fully saturated rings. The van der Waals surface area contributed by atoms with Gasteiger partial charge in [0.1, 0.15) is 23.1 Å². The molecule has 1 heterocycles. The number of ether oxygens (including phenoxy) is 2. The summed E-state index contributed by atoms with van der Waals surface area (Å²) < 4.78 is 10.6. The standard InChI is InChI=1S/C16H21N3O2/c1-16(2,3)15-18-12(9-14(17)19-15)11-7-6-10(20-4)8-13(11)21-5/h6-9H,1-5H3,(H2,17,18,19). The number of anilines is 1. The average molecular weight is 287 g/mol. The second-order valence-electron chi connectivity index (χ2n) is 5.82. The Hall–Kier alpha value is -2.30. The van der Waals surface area contributed by atoms with Crippen LogP contribution in [0, 0.1) is 0 Å². The first-order valence-corrected chi connectivity index (χ1v) is 6.72. The normalized spacial score (nSPS) is 11.3. The van der Waals surface area contributed by atoms with E-state index in [2.05, 4.69) is 30.7 Å². The average Bonchev–Trinajstić information content (AvgIpc) is 2.45. The van der Waals surface area contributed by atoms with Crippen LogP contribution in [0.5, 0.6) is 11.5 Å². The Kier molecular flexibility index (Phi) is 4.02. The van der Waals surface area contributed by atoms with Crippen LogP contribution in [0.4, 0.5) is 5.82 Å². The highest BCUT2D eigenvalue weighted by molar-refractivity contribution is 5.70. The minimum absolute atomic E-state index is 0.177. The molecule has 0 saturated heterocycles. The van der Waals surface area contributed by atoms with Crippen LogP contribution in [0.15, 0.2) is 24.3 Å². The lowest BCUT2D eigenvalue weighted by atomic mass is 9.95. The van der Waals surface area contributed by atoms with Crippen LogP contribution in [0.1, 0.15) is 26.6 Å². The molecule has 21 heavy (non-hydrogen) atoms. The van der Waals surface area contributed by atoms with Crippen molar-refractivity contribution in [1.29, 1.82) is 0 Å². The third-order valence-corrected chi connectivity index (χ3v) is 3.10. The topological polar surface area (TPSA) is 70.3 Å². The maximum absolute atomic E-state index is 5.92. The molecule has 5 heteroatoms. The van der Waals surface area contributed by atoms with Crippen molar-refractivity contribution in [3.8, 4) is 22.8 Å². The van der Waals surface area contributed by atoms with Gasteiger partial charge in [0.15, 0.2) is 0 Å². The number of nitrogen functional groups attached to an aromatic ring is 1. The maximum atomic E-state index is 5.92. The van der Waals surface area contributed by atoms with Gasteiger partial charge in [0.2, 0.25) is 0 Å². The molecule has 0 radical (unpaired) electrons. The smallest absolute Gasteiger partial charge is 0.136 e. The van der Waals surface area contributed by atoms with Gasteiger partial charge in [0.05, 0.1) is 19.9 Å². The molecule has 0 unspecified atom stereocenters. The van der Waals surface area contributed by atoms with Gasteiger partial charge >= 0.3 is 0 Å². The van der Waals surface area contributed by atoms with Crippen molar-refractivity contribution < 1.29 is 9.47 Å². The van der Waals surface area contributed by atoms with Crippen molar-refractivity contribution in [3.63, 3.8) is 0 Å². The Labute approximate surface area is 125 Å². The minimum Gasteiger partial charge on any atom is -0.497 e. The van der Waals surface area contributed by atoms with Gasteiger partial charge in [-0.1, -0.05) is 20.8 Å². The Morgan fingerprint density at radius 2 is 1.71 bits per heavy atom. The van der Waals surface area contributed by atoms with Crippen molar-refractivity contribution in [2.75, 3.05) is 20.0 Å². The van der Waals surface area contributed by atoms with Crippen LogP contribution >= 0.6 is 0 Å². The Balaban J connectivity index is 2.59. The molecule has 0 atom stereocenters. The van der Waals surface area contributed by atoms with E-state index in [9.17, 15) is 0 Å². The van der Waals surface area contributed by atoms with Gasteiger partial charge in [-0.05, 0) is 12.1 Å². The fourth-order valence-corrected chi connectivity index (χ4v) is 1.95. The summed E-state index contributed by atoms with van der Waals surface area (Å²) in [5, 5.41) is 0. The number of hydrogen-bond acceptors (Lipinski definition) is 5. The van der Waals surface area contributed by atoms with Gasteiger partial charge in [-0.15, -0.1) is 0 Å². The van der Waals surface area contributed by atoms with Crippen LogP contribution in [0.2, 0.25) is 0 Å². The lowest BCUT2D eigenvalue weighted by Crippen LogP contribution is -2.17. The van der Waals surface area contributed by atoms with E-state index in [0.29, 0.717) is 17.4 Å². The highest BCUT2D eigenvalue weighted by atomic mass is 16.5. The molecule has 2 N–H and O–H groups in total. The predicted octanol–water partition coefficient (Wildman–Crippen LogP) is 3.04. The van der Waals surface area contributed by atoms with Crippen molar-refractivity contribution in [2.45, 2.75) is 26.2 Å². The molecule has 0 aliphatic heterocycles. The lowest BCUT2D eigenvalue weighted by Gasteiger charge is -2.18. The zero-order valence-corrected chi connectivity index (χ0v) is 13.1. The number of nitrogens with zero attached hydrogens (tertiary/aromatic N) is 2. The molecular formula is C16H21N3O2. The second-order valence-corrected chi connectivity index (χ2v) is 5.82. The van der Waals surface area contributed by atoms with Crippen LogP contribution < -0.4 is 15.2 Å². The molecule has 2 aromatic rings. The summed E-state index contributed by atoms with van der Waals surface area (Å²) in [6.45, 7) is 6.16. The molecule has 0 aliphatic carbocycles. The maximum Gasteiger partial charge on any atom is 0.136 e. The molecule has 1 aromatic carbocycles. The van der Waals surface area contributed by atoms with Gasteiger partial charge in [0.25, 0.3) is 0 Å². The summed E-state index contributed by atoms with van der Waals surface area (Å²) in [7, 11) is 3.24. The first kappa shape index (κ1) is 15.1. The van der Waals surface area contributed by atoms with E-state index in [1.165, 1.54) is 0 Å². The van der Waals surface area contributed by atoms with E-state index < -0.39 is 0 Å². The van der Waals surface area contributed by atoms with E-state index >= 15 is 0 Å². The van der Waals surface area contributed by atoms with Gasteiger partial charge < -0.3 is 15.2 Å². The molecule has 0 aliphatic rings. The first-order chi connectivity index (χ1) is 9.85. The van der Waals surface area contributed by atoms with Crippen LogP contribution in [0.25, 0.3) is 11.3 Å². The summed E-state index contributed by atoms with van der Waals surface area (Å²) in [4.78, 5) is 8.95. The molecule has 0 bridgehead atoms. The van der Waals surface area contributed by atoms with Crippen molar-refractivity contribution >= 4 is 5.82 Å². The number of rotatable bonds is 3. The summed E-state index contributed by atoms with van der Waals surface area (Å²) in [5.41, 5.74) is 7.35. The first-order valence-electron chi connectivity index (χ1n) is 6.72. The monoisotopic (exact) mass is 287 g/mol. The number of benzene rings is 1. The highest BCUT2D eigenvalue weighted by Gasteiger charge is 2.20. The van der Waals surface area contributed by atoms with Gasteiger partial charge in [-0.2, -0.15) is 0 Å². The van der Waals surface area contributed by atoms with Crippen molar-refractivity contribution in [2.24, 2.45) is 0 Å². The van der Waals surface area contributed by atoms with Crippen molar-refractivity contribution in [3.05, 3.63) is 30.1 Å². The van der Waals surface area contributed by atoms with Gasteiger partial charge in [0, 0.05) is 23.1 Å². The third-order valence-electron chi connectivity index (χ3n) is 3.10. The van der Waals surface area contributed by atoms with Gasteiger partial charge in [-0.3, -0.25) is 0 Å². The highest BCUT2D eigenvalue weighted by Crippen LogP contribution is 2.33. The predicted molar refractivity (Wildman–Crippen MR) is 83.7 cm³/mol. The molecule has 112 valence electrons. The van der Waals surface area contributed by atoms with Gasteiger partial charge in [-0.25, -0.2) is 9.97 Å². The number of hydrogen-bond donors (Lipinski definition) is 1. The molecule has 5 nitrogen and oxygen atoms in total. The van der Waals surface area contributed by atoms with E-state index in [-0.39, 0.29) is 5.41 Å². The van der Waals surface area contributed by atoms with E-state index in [1.807, 2.05) is 18.2 Å². The zero-order valence-electron chi connectivity index (χ0n) is 13.1. The molecule has 1 aromatic heterocycles. The fraction of sp³-hybridized carbons (Fsp3) is 0.375. The molecule has 2 rings (SSSR count). The number of aromatic nitrogens is 2. The molecule has 0 spiro atoms. The summed E-state index contributed by atoms with van der Waals surface area (Å²) >= 11 is 0. The largest absolute Gasteiger partial charge is 0.497 e. The zero-order chi connectivity index (χ0) is 15.6. The molecule has 0 saturated carbocycles. The summed E-state index contributed by atoms with van der Waals surface area (Å²) in [6, 6.07) is 7.35. The van der Waals surface area contributed by atoms with E-state index in [1.54, 1.807) is 20.3 Å². The lowest BCUT2D eigenvalue weighted by molar-refractivity contribution is 0.395. The number of methoxy groups -OCH3 is 2. The van der Waals surface area contributed by atoms with E-state index in [0.717, 1.165) is 17.0 Å². The summed E-state index contributed by atoms with van der Waals surface area (Å²) in [5.74, 6) is 2.57. The number of nitrogens with two attached hydrogens (primary N) is 1. The Morgan fingerprint density at radius 1 is 1.00 bits per heavy atom. The second kappa shape index (κ2) is 5.60. The Morgan fingerprint density at radius 3 is 2.29 bits per heavy atom. The van der Waals surface area contributed by atoms with Crippen LogP contribution in [0.3, 0.4) is 0 Å².